The molecule has 0 saturated carbocycles. The Bertz CT molecular complexity index is 1160. The second-order valence-corrected chi connectivity index (χ2v) is 8.35. The number of halogens is 4. The second kappa shape index (κ2) is 9.92. The van der Waals surface area contributed by atoms with E-state index in [2.05, 4.69) is 6.08 Å². The molecule has 1 aliphatic heterocycles. The van der Waals surface area contributed by atoms with E-state index in [0.717, 1.165) is 18.4 Å². The average Bonchev–Trinajstić information content (AvgIpc) is 2.84. The van der Waals surface area contributed by atoms with Crippen molar-refractivity contribution in [1.82, 2.24) is 0 Å². The van der Waals surface area contributed by atoms with Gasteiger partial charge in [-0.15, -0.1) is 0 Å². The first-order valence-corrected chi connectivity index (χ1v) is 11.2. The zero-order valence-corrected chi connectivity index (χ0v) is 18.7. The molecule has 0 aliphatic carbocycles. The topological polar surface area (TPSA) is 9.23 Å². The third-order valence-electron chi connectivity index (χ3n) is 6.28. The smallest absolute Gasteiger partial charge is 0.167 e. The molecule has 1 saturated heterocycles. The predicted octanol–water partition coefficient (Wildman–Crippen LogP) is 8.18. The van der Waals surface area contributed by atoms with Crippen molar-refractivity contribution in [3.63, 3.8) is 0 Å². The first-order chi connectivity index (χ1) is 15.9. The summed E-state index contributed by atoms with van der Waals surface area (Å²) < 4.78 is 64.5. The van der Waals surface area contributed by atoms with E-state index in [0.29, 0.717) is 24.5 Å². The molecule has 172 valence electrons. The molecule has 0 spiro atoms. The number of benzene rings is 3. The molecule has 1 nitrogen and oxygen atoms in total. The van der Waals surface area contributed by atoms with Crippen LogP contribution in [-0.2, 0) is 11.2 Å². The predicted molar refractivity (Wildman–Crippen MR) is 123 cm³/mol. The monoisotopic (exact) mass is 454 g/mol. The van der Waals surface area contributed by atoms with Gasteiger partial charge in [0.05, 0.1) is 12.7 Å². The zero-order valence-electron chi connectivity index (χ0n) is 18.7. The Hall–Kier alpha value is -2.92. The average molecular weight is 455 g/mol. The third kappa shape index (κ3) is 4.60. The van der Waals surface area contributed by atoms with E-state index in [-0.39, 0.29) is 28.4 Å². The van der Waals surface area contributed by atoms with E-state index in [1.807, 2.05) is 25.1 Å². The number of hydrogen-bond donors (Lipinski definition) is 0. The van der Waals surface area contributed by atoms with E-state index in [4.69, 9.17) is 4.74 Å². The Kier molecular flexibility index (Phi) is 6.99. The highest BCUT2D eigenvalue weighted by molar-refractivity contribution is 5.72. The van der Waals surface area contributed by atoms with Gasteiger partial charge < -0.3 is 4.74 Å². The molecule has 1 unspecified atom stereocenters. The maximum Gasteiger partial charge on any atom is 0.167 e. The fourth-order valence-electron chi connectivity index (χ4n) is 4.39. The lowest BCUT2D eigenvalue weighted by molar-refractivity contribution is -0.00524. The standard InChI is InChI=1S/C28H26F4O/c1-3-5-17-6-15-24(33-16-17)20-9-7-19(8-10-20)21-13-14-23(28(32)26(21)30)22-12-11-18(4-2)25(29)27(22)31/h3,5,7-14,17,24H,4,6,15-16H2,1-2H3/b5-3+/t17?,24-/m0/s1. The fraction of sp³-hybridized carbons (Fsp3) is 0.286. The van der Waals surface area contributed by atoms with Crippen LogP contribution in [0.15, 0.2) is 60.7 Å². The molecule has 5 heteroatoms. The minimum absolute atomic E-state index is 0.0199. The number of ether oxygens (including phenoxy) is 1. The van der Waals surface area contributed by atoms with Gasteiger partial charge >= 0.3 is 0 Å². The summed E-state index contributed by atoms with van der Waals surface area (Å²) in [7, 11) is 0. The molecule has 3 aromatic carbocycles. The van der Waals surface area contributed by atoms with Crippen molar-refractivity contribution in [2.45, 2.75) is 39.2 Å². The van der Waals surface area contributed by atoms with Crippen LogP contribution >= 0.6 is 0 Å². The van der Waals surface area contributed by atoms with E-state index in [9.17, 15) is 17.6 Å². The van der Waals surface area contributed by atoms with Crippen LogP contribution < -0.4 is 0 Å². The van der Waals surface area contributed by atoms with Crippen LogP contribution in [-0.4, -0.2) is 6.61 Å². The summed E-state index contributed by atoms with van der Waals surface area (Å²) in [6.07, 6.45) is 6.40. The minimum atomic E-state index is -1.20. The fourth-order valence-corrected chi connectivity index (χ4v) is 4.39. The normalized spacial score (nSPS) is 18.7. The Labute approximate surface area is 191 Å². The van der Waals surface area contributed by atoms with Gasteiger partial charge in [0, 0.05) is 22.6 Å². The summed E-state index contributed by atoms with van der Waals surface area (Å²) in [6, 6.07) is 12.5. The van der Waals surface area contributed by atoms with Crippen molar-refractivity contribution in [3.05, 3.63) is 95.1 Å². The van der Waals surface area contributed by atoms with Crippen LogP contribution in [0.4, 0.5) is 17.6 Å². The van der Waals surface area contributed by atoms with Gasteiger partial charge in [0.25, 0.3) is 0 Å². The van der Waals surface area contributed by atoms with Gasteiger partial charge in [-0.25, -0.2) is 17.6 Å². The maximum absolute atomic E-state index is 15.0. The second-order valence-electron chi connectivity index (χ2n) is 8.35. The summed E-state index contributed by atoms with van der Waals surface area (Å²) in [5.41, 5.74) is 1.13. The molecule has 0 amide bonds. The van der Waals surface area contributed by atoms with Crippen molar-refractivity contribution in [2.24, 2.45) is 5.92 Å². The van der Waals surface area contributed by atoms with Crippen molar-refractivity contribution >= 4 is 0 Å². The molecule has 0 radical (unpaired) electrons. The van der Waals surface area contributed by atoms with Crippen LogP contribution in [0.1, 0.15) is 43.9 Å². The molecule has 3 aromatic rings. The van der Waals surface area contributed by atoms with Crippen LogP contribution in [0.25, 0.3) is 22.3 Å². The number of allylic oxidation sites excluding steroid dienone is 1. The van der Waals surface area contributed by atoms with Crippen LogP contribution in [0.2, 0.25) is 0 Å². The molecule has 1 aliphatic rings. The third-order valence-corrected chi connectivity index (χ3v) is 6.28. The first kappa shape index (κ1) is 23.2. The van der Waals surface area contributed by atoms with Crippen LogP contribution in [0.5, 0.6) is 0 Å². The SMILES string of the molecule is C/C=C/C1CC[C@@H](c2ccc(-c3ccc(-c4ccc(CC)c(F)c4F)c(F)c3F)cc2)OC1. The summed E-state index contributed by atoms with van der Waals surface area (Å²) in [4.78, 5) is 0. The van der Waals surface area contributed by atoms with Crippen molar-refractivity contribution in [3.8, 4) is 22.3 Å². The molecular formula is C28H26F4O. The lowest BCUT2D eigenvalue weighted by atomic mass is 9.93. The van der Waals surface area contributed by atoms with E-state index in [1.54, 1.807) is 19.1 Å². The van der Waals surface area contributed by atoms with Gasteiger partial charge in [-0.1, -0.05) is 67.6 Å². The molecular weight excluding hydrogens is 428 g/mol. The van der Waals surface area contributed by atoms with Gasteiger partial charge in [0.2, 0.25) is 0 Å². The van der Waals surface area contributed by atoms with Crippen LogP contribution in [0, 0.1) is 29.2 Å². The summed E-state index contributed by atoms with van der Waals surface area (Å²) >= 11 is 0. The molecule has 0 bridgehead atoms. The van der Waals surface area contributed by atoms with Crippen LogP contribution in [0.3, 0.4) is 0 Å². The van der Waals surface area contributed by atoms with Gasteiger partial charge in [-0.05, 0) is 42.9 Å². The molecule has 0 N–H and O–H groups in total. The highest BCUT2D eigenvalue weighted by atomic mass is 19.2. The molecule has 33 heavy (non-hydrogen) atoms. The number of hydrogen-bond acceptors (Lipinski definition) is 1. The van der Waals surface area contributed by atoms with Gasteiger partial charge in [-0.2, -0.15) is 0 Å². The molecule has 4 rings (SSSR count). The van der Waals surface area contributed by atoms with Crippen molar-refractivity contribution in [1.29, 1.82) is 0 Å². The van der Waals surface area contributed by atoms with Crippen molar-refractivity contribution < 1.29 is 22.3 Å². The Morgan fingerprint density at radius 3 is 2.00 bits per heavy atom. The first-order valence-electron chi connectivity index (χ1n) is 11.2. The molecule has 1 fully saturated rings. The Morgan fingerprint density at radius 1 is 0.788 bits per heavy atom. The summed E-state index contributed by atoms with van der Waals surface area (Å²) in [5.74, 6) is -4.07. The molecule has 2 atom stereocenters. The summed E-state index contributed by atoms with van der Waals surface area (Å²) in [5, 5.41) is 0. The molecule has 1 heterocycles. The Morgan fingerprint density at radius 2 is 1.39 bits per heavy atom. The van der Waals surface area contributed by atoms with E-state index < -0.39 is 23.3 Å². The molecule has 0 aromatic heterocycles. The number of aryl methyl sites for hydroxylation is 1. The van der Waals surface area contributed by atoms with Gasteiger partial charge in [-0.3, -0.25) is 0 Å². The number of rotatable bonds is 5. The highest BCUT2D eigenvalue weighted by Gasteiger charge is 2.23. The highest BCUT2D eigenvalue weighted by Crippen LogP contribution is 2.36. The van der Waals surface area contributed by atoms with Crippen molar-refractivity contribution in [2.75, 3.05) is 6.61 Å². The van der Waals surface area contributed by atoms with Gasteiger partial charge in [0.15, 0.2) is 23.3 Å². The maximum atomic E-state index is 15.0. The van der Waals surface area contributed by atoms with E-state index in [1.165, 1.54) is 24.3 Å². The lowest BCUT2D eigenvalue weighted by Gasteiger charge is -2.27. The van der Waals surface area contributed by atoms with E-state index >= 15 is 0 Å². The summed E-state index contributed by atoms with van der Waals surface area (Å²) in [6.45, 7) is 4.35. The zero-order chi connectivity index (χ0) is 23.5. The van der Waals surface area contributed by atoms with Gasteiger partial charge in [0.1, 0.15) is 0 Å². The quantitative estimate of drug-likeness (QED) is 0.279. The lowest BCUT2D eigenvalue weighted by Crippen LogP contribution is -2.19. The minimum Gasteiger partial charge on any atom is -0.373 e. The Balaban J connectivity index is 1.59. The largest absolute Gasteiger partial charge is 0.373 e.